The van der Waals surface area contributed by atoms with E-state index in [1.54, 1.807) is 105 Å². The number of aromatic nitrogens is 1. The van der Waals surface area contributed by atoms with Gasteiger partial charge in [-0.25, -0.2) is 19.4 Å². The van der Waals surface area contributed by atoms with Gasteiger partial charge in [-0.15, -0.1) is 11.3 Å². The van der Waals surface area contributed by atoms with Crippen LogP contribution in [0.1, 0.15) is 159 Å². The predicted octanol–water partition coefficient (Wildman–Crippen LogP) is 14.0. The number of hydrogen-bond donors (Lipinski definition) is 6. The van der Waals surface area contributed by atoms with E-state index < -0.39 is 0 Å². The van der Waals surface area contributed by atoms with Crippen molar-refractivity contribution in [2.75, 3.05) is 0 Å². The fraction of sp³-hybridized carbons (Fsp3) is 0.355. The van der Waals surface area contributed by atoms with E-state index in [1.165, 1.54) is 17.5 Å². The van der Waals surface area contributed by atoms with E-state index in [4.69, 9.17) is 31.4 Å². The van der Waals surface area contributed by atoms with Crippen molar-refractivity contribution >= 4 is 75.1 Å². The van der Waals surface area contributed by atoms with Crippen molar-refractivity contribution in [2.24, 2.45) is 0 Å². The number of aromatic hydroxyl groups is 1. The van der Waals surface area contributed by atoms with E-state index in [0.717, 1.165) is 11.1 Å². The van der Waals surface area contributed by atoms with Crippen molar-refractivity contribution in [1.29, 1.82) is 0 Å². The Balaban J connectivity index is 0.000000495. The first-order valence-electron chi connectivity index (χ1n) is 24.9. The molecule has 3 aromatic carbocycles. The lowest BCUT2D eigenvalue weighted by Crippen LogP contribution is -2.40. The number of rotatable bonds is 7. The summed E-state index contributed by atoms with van der Waals surface area (Å²) in [5.74, 6) is -0.378. The number of hydrogen-bond acceptors (Lipinski definition) is 8. The molecule has 0 aliphatic carbocycles. The Kier molecular flexibility index (Phi) is 26.5. The molecule has 0 bridgehead atoms. The number of thiophene rings is 1. The Bertz CT molecular complexity index is 2990. The normalized spacial score (nSPS) is 11.3. The van der Waals surface area contributed by atoms with Crippen LogP contribution in [0.3, 0.4) is 0 Å². The van der Waals surface area contributed by atoms with Gasteiger partial charge in [0.05, 0.1) is 31.2 Å². The number of carbonyl (C=O) groups is 5. The molecule has 0 aliphatic heterocycles. The van der Waals surface area contributed by atoms with Crippen LogP contribution in [0.2, 0.25) is 0 Å². The maximum absolute atomic E-state index is 11.9. The fourth-order valence-corrected chi connectivity index (χ4v) is 6.42. The molecule has 0 aliphatic rings. The first-order chi connectivity index (χ1) is 36.4. The van der Waals surface area contributed by atoms with Crippen molar-refractivity contribution < 1.29 is 29.1 Å². The maximum Gasteiger partial charge on any atom is 0.270 e. The van der Waals surface area contributed by atoms with Crippen LogP contribution < -0.4 is 26.6 Å². The molecule has 17 heteroatoms. The van der Waals surface area contributed by atoms with Gasteiger partial charge in [0.2, 0.25) is 22.5 Å². The first-order valence-corrected chi connectivity index (χ1v) is 25.7. The molecule has 5 rings (SSSR count). The monoisotopic (exact) mass is 1090 g/mol. The number of phenolic OH excluding ortho intramolecular Hbond substituents is 1. The molecule has 0 saturated carbocycles. The summed E-state index contributed by atoms with van der Waals surface area (Å²) in [6.45, 7) is 59.7. The van der Waals surface area contributed by atoms with E-state index in [9.17, 15) is 24.0 Å². The zero-order chi connectivity index (χ0) is 60.5. The third kappa shape index (κ3) is 30.4. The molecule has 416 valence electrons. The van der Waals surface area contributed by atoms with Gasteiger partial charge in [0.15, 0.2) is 11.4 Å². The highest BCUT2D eigenvalue weighted by Crippen LogP contribution is 2.25. The van der Waals surface area contributed by atoms with Crippen LogP contribution in [0, 0.1) is 26.3 Å². The zero-order valence-corrected chi connectivity index (χ0v) is 49.4. The van der Waals surface area contributed by atoms with Gasteiger partial charge in [-0.2, -0.15) is 0 Å². The lowest BCUT2D eigenvalue weighted by molar-refractivity contribution is -0.119. The first kappa shape index (κ1) is 68.1. The summed E-state index contributed by atoms with van der Waals surface area (Å²) in [6, 6.07) is 27.0. The van der Waals surface area contributed by atoms with Crippen molar-refractivity contribution in [3.8, 4) is 5.75 Å². The summed E-state index contributed by atoms with van der Waals surface area (Å²) < 4.78 is 0. The van der Waals surface area contributed by atoms with Crippen LogP contribution in [0.25, 0.3) is 31.5 Å². The maximum atomic E-state index is 11.9. The second kappa shape index (κ2) is 30.7. The molecule has 5 aromatic rings. The molecule has 2 heterocycles. The van der Waals surface area contributed by atoms with E-state index in [1.807, 2.05) is 122 Å². The topological polar surface area (TPSA) is 196 Å². The predicted molar refractivity (Wildman–Crippen MR) is 319 cm³/mol. The summed E-state index contributed by atoms with van der Waals surface area (Å²) in [4.78, 5) is 76.1. The summed E-state index contributed by atoms with van der Waals surface area (Å²) in [5.41, 5.74) is 4.37. The Hall–Kier alpha value is -8.90. The summed E-state index contributed by atoms with van der Waals surface area (Å²) in [5, 5.41) is 24.0. The third-order valence-electron chi connectivity index (χ3n) is 9.13. The summed E-state index contributed by atoms with van der Waals surface area (Å²) in [6.07, 6.45) is 5.00. The van der Waals surface area contributed by atoms with Crippen molar-refractivity contribution in [1.82, 2.24) is 31.6 Å². The van der Waals surface area contributed by atoms with Crippen molar-refractivity contribution in [3.63, 3.8) is 0 Å². The second-order valence-electron chi connectivity index (χ2n) is 22.9. The average Bonchev–Trinajstić information content (AvgIpc) is 3.83. The lowest BCUT2D eigenvalue weighted by atomic mass is 10.1. The van der Waals surface area contributed by atoms with Gasteiger partial charge >= 0.3 is 0 Å². The minimum Gasteiger partial charge on any atom is -0.508 e. The summed E-state index contributed by atoms with van der Waals surface area (Å²) >= 11 is 1.22. The molecule has 0 spiro atoms. The van der Waals surface area contributed by atoms with Gasteiger partial charge in [-0.1, -0.05) is 72.8 Å². The number of benzene rings is 3. The molecule has 16 nitrogen and oxygen atoms in total. The minimum absolute atomic E-state index is 0.0724. The number of nitrogens with one attached hydrogen (secondary N) is 5. The standard InChI is InChI=1S/C15H18N2O.C14H19NO2.C12H14N2O.C11H13N3O.C10H12N2OS/c1-11(14(18)17-15(2,3)4)10-12-6-8-13(16-5)9-7-12;1-10(13(17)15-14(2,3)4)9-11-5-7-12(16)8-6-11;1-12(2,3)14-11(15)9-5-7-10(13-4)8-6-9;1-11(2,3)14-10(15)9-6-5-8(12-4)7-13-9;1-10(2,3)12-9(13)7-5-6-8(11-4)14-7/h6-10H,1-4H3,(H,17,18);5-9,16H,1-4H3,(H,15,17);5-8H,1-3H3,(H,14,15);5-7H,1-3H3,(H,14,15);5-6H,1-3H3,(H,12,13)/b11-10+;10-9+;;;. The SMILES string of the molecule is C/C(=C\c1ccc(O)cc1)C(=O)NC(C)(C)C.[C-]#[N+]c1ccc(/C=C(\C)C(=O)NC(C)(C)C)cc1.[C-]#[N+]c1ccc(C(=O)NC(C)(C)C)cc1.[C-]#[N+]c1ccc(C(=O)NC(C)(C)C)nc1.[C-]#[N+]c1ccc(C(=O)NC(C)(C)C)s1. The molecule has 0 unspecified atom stereocenters. The molecule has 5 amide bonds. The summed E-state index contributed by atoms with van der Waals surface area (Å²) in [7, 11) is 0. The number of carbonyl (C=O) groups excluding carboxylic acids is 5. The van der Waals surface area contributed by atoms with Crippen LogP contribution in [0.4, 0.5) is 22.1 Å². The highest BCUT2D eigenvalue weighted by Gasteiger charge is 2.19. The van der Waals surface area contributed by atoms with Crippen LogP contribution in [-0.4, -0.2) is 67.3 Å². The molecule has 0 atom stereocenters. The molecule has 6 N–H and O–H groups in total. The average molecular weight is 1090 g/mol. The van der Waals surface area contributed by atoms with Crippen LogP contribution in [-0.2, 0) is 9.59 Å². The fourth-order valence-electron chi connectivity index (χ4n) is 5.73. The number of pyridine rings is 1. The third-order valence-corrected chi connectivity index (χ3v) is 10.1. The number of nitrogens with zero attached hydrogens (tertiary/aromatic N) is 5. The Labute approximate surface area is 472 Å². The molecular formula is C62H76N10O6S. The van der Waals surface area contributed by atoms with Gasteiger partial charge in [-0.05, 0) is 165 Å². The van der Waals surface area contributed by atoms with Gasteiger partial charge in [0.25, 0.3) is 17.7 Å². The van der Waals surface area contributed by atoms with Crippen LogP contribution >= 0.6 is 11.3 Å². The lowest BCUT2D eigenvalue weighted by Gasteiger charge is -2.20. The quantitative estimate of drug-likeness (QED) is 0.0689. The molecular weight excluding hydrogens is 1010 g/mol. The van der Waals surface area contributed by atoms with E-state index >= 15 is 0 Å². The number of phenols is 1. The molecule has 79 heavy (non-hydrogen) atoms. The van der Waals surface area contributed by atoms with Crippen molar-refractivity contribution in [2.45, 2.75) is 145 Å². The van der Waals surface area contributed by atoms with Gasteiger partial charge in [-0.3, -0.25) is 29.0 Å². The van der Waals surface area contributed by atoms with Crippen LogP contribution in [0.15, 0.2) is 114 Å². The molecule has 0 fully saturated rings. The van der Waals surface area contributed by atoms with Gasteiger partial charge in [0.1, 0.15) is 11.4 Å². The minimum atomic E-state index is -0.281. The van der Waals surface area contributed by atoms with E-state index in [0.29, 0.717) is 49.3 Å². The highest BCUT2D eigenvalue weighted by molar-refractivity contribution is 7.18. The highest BCUT2D eigenvalue weighted by atomic mass is 32.1. The Morgan fingerprint density at radius 2 is 0.823 bits per heavy atom. The number of amides is 5. The smallest absolute Gasteiger partial charge is 0.270 e. The largest absolute Gasteiger partial charge is 0.508 e. The zero-order valence-electron chi connectivity index (χ0n) is 48.6. The molecule has 0 radical (unpaired) electrons. The molecule has 2 aromatic heterocycles. The molecule has 0 saturated heterocycles. The second-order valence-corrected chi connectivity index (χ2v) is 24.0. The Morgan fingerprint density at radius 1 is 0.456 bits per heavy atom. The van der Waals surface area contributed by atoms with Crippen molar-refractivity contribution in [3.05, 3.63) is 187 Å². The van der Waals surface area contributed by atoms with E-state index in [-0.39, 0.29) is 63.0 Å². The Morgan fingerprint density at radius 3 is 1.18 bits per heavy atom. The van der Waals surface area contributed by atoms with Crippen LogP contribution in [0.5, 0.6) is 5.75 Å². The van der Waals surface area contributed by atoms with Gasteiger partial charge in [0, 0.05) is 50.6 Å². The van der Waals surface area contributed by atoms with E-state index in [2.05, 4.69) is 50.9 Å². The van der Waals surface area contributed by atoms with Gasteiger partial charge < -0.3 is 31.7 Å².